The first-order chi connectivity index (χ1) is 8.16. The zero-order valence-electron chi connectivity index (χ0n) is 9.13. The molecule has 0 saturated carbocycles. The van der Waals surface area contributed by atoms with Crippen LogP contribution in [-0.4, -0.2) is 29.1 Å². The second-order valence-corrected chi connectivity index (χ2v) is 3.83. The molecule has 1 aromatic rings. The topological polar surface area (TPSA) is 94.3 Å². The fraction of sp³-hybridized carbons (Fsp3) is 0.364. The molecular formula is C11H13N3O3. The van der Waals surface area contributed by atoms with Crippen molar-refractivity contribution in [2.24, 2.45) is 5.73 Å². The minimum absolute atomic E-state index is 0.412. The second-order valence-electron chi connectivity index (χ2n) is 3.83. The van der Waals surface area contributed by atoms with Gasteiger partial charge >= 0.3 is 5.97 Å². The Kier molecular flexibility index (Phi) is 3.34. The molecule has 2 rings (SSSR count). The Bertz CT molecular complexity index is 421. The van der Waals surface area contributed by atoms with Crippen molar-refractivity contribution >= 4 is 11.9 Å². The van der Waals surface area contributed by atoms with Crippen LogP contribution in [0.3, 0.4) is 0 Å². The highest BCUT2D eigenvalue weighted by Gasteiger charge is 2.29. The normalized spacial score (nSPS) is 23.3. The number of carbonyl (C=O) groups is 2. The third-order valence-corrected chi connectivity index (χ3v) is 2.61. The smallest absolute Gasteiger partial charge is 0.339 e. The molecule has 2 unspecified atom stereocenters. The van der Waals surface area contributed by atoms with Crippen LogP contribution in [0.1, 0.15) is 23.2 Å². The van der Waals surface area contributed by atoms with Gasteiger partial charge in [-0.2, -0.15) is 0 Å². The minimum atomic E-state index is -0.451. The zero-order valence-corrected chi connectivity index (χ0v) is 9.13. The highest BCUT2D eigenvalue weighted by atomic mass is 16.6. The number of primary amides is 1. The van der Waals surface area contributed by atoms with E-state index in [0.717, 1.165) is 0 Å². The predicted octanol–water partition coefficient (Wildman–Crippen LogP) is -0.198. The van der Waals surface area contributed by atoms with E-state index < -0.39 is 24.1 Å². The lowest BCUT2D eigenvalue weighted by molar-refractivity contribution is -0.120. The Labute approximate surface area is 98.2 Å². The summed E-state index contributed by atoms with van der Waals surface area (Å²) in [7, 11) is 0. The van der Waals surface area contributed by atoms with E-state index in [1.807, 2.05) is 0 Å². The van der Waals surface area contributed by atoms with Gasteiger partial charge in [-0.3, -0.25) is 15.1 Å². The van der Waals surface area contributed by atoms with Crippen LogP contribution >= 0.6 is 0 Å². The number of carbonyl (C=O) groups excluding carboxylic acids is 2. The van der Waals surface area contributed by atoms with Gasteiger partial charge in [-0.15, -0.1) is 0 Å². The van der Waals surface area contributed by atoms with Crippen molar-refractivity contribution in [3.63, 3.8) is 0 Å². The van der Waals surface area contributed by atoms with Gasteiger partial charge in [0.05, 0.1) is 11.6 Å². The molecular weight excluding hydrogens is 222 g/mol. The van der Waals surface area contributed by atoms with Crippen molar-refractivity contribution < 1.29 is 14.3 Å². The Morgan fingerprint density at radius 2 is 2.06 bits per heavy atom. The van der Waals surface area contributed by atoms with Gasteiger partial charge in [-0.25, -0.2) is 4.79 Å². The summed E-state index contributed by atoms with van der Waals surface area (Å²) in [5.74, 6) is -0.859. The van der Waals surface area contributed by atoms with Crippen LogP contribution in [0, 0.1) is 0 Å². The summed E-state index contributed by atoms with van der Waals surface area (Å²) in [6, 6.07) is 2.73. The third-order valence-electron chi connectivity index (χ3n) is 2.61. The van der Waals surface area contributed by atoms with E-state index in [2.05, 4.69) is 10.3 Å². The summed E-state index contributed by atoms with van der Waals surface area (Å²) < 4.78 is 5.19. The molecule has 1 fully saturated rings. The molecule has 1 amide bonds. The number of nitrogens with zero attached hydrogens (tertiary/aromatic N) is 1. The van der Waals surface area contributed by atoms with Crippen molar-refractivity contribution in [1.82, 2.24) is 10.3 Å². The molecule has 90 valence electrons. The maximum Gasteiger partial charge on any atom is 0.339 e. The van der Waals surface area contributed by atoms with Crippen LogP contribution in [0.4, 0.5) is 0 Å². The fourth-order valence-electron chi connectivity index (χ4n) is 1.71. The van der Waals surface area contributed by atoms with Gasteiger partial charge in [0.1, 0.15) is 0 Å². The fourth-order valence-corrected chi connectivity index (χ4v) is 1.71. The summed E-state index contributed by atoms with van der Waals surface area (Å²) in [6.07, 6.45) is 3.76. The third kappa shape index (κ3) is 2.79. The number of esters is 1. The number of pyridine rings is 1. The van der Waals surface area contributed by atoms with Crippen molar-refractivity contribution in [2.75, 3.05) is 0 Å². The Balaban J connectivity index is 1.91. The Morgan fingerprint density at radius 1 is 1.35 bits per heavy atom. The van der Waals surface area contributed by atoms with E-state index in [1.54, 1.807) is 12.1 Å². The number of hydrogen-bond donors (Lipinski definition) is 2. The molecule has 1 aliphatic heterocycles. The van der Waals surface area contributed by atoms with Crippen molar-refractivity contribution in [1.29, 1.82) is 0 Å². The Morgan fingerprint density at radius 3 is 2.65 bits per heavy atom. The highest BCUT2D eigenvalue weighted by molar-refractivity contribution is 5.89. The molecule has 3 N–H and O–H groups in total. The highest BCUT2D eigenvalue weighted by Crippen LogP contribution is 2.14. The molecule has 0 aliphatic carbocycles. The molecule has 2 heterocycles. The monoisotopic (exact) mass is 235 g/mol. The first-order valence-electron chi connectivity index (χ1n) is 5.33. The van der Waals surface area contributed by atoms with Crippen LogP contribution in [0.5, 0.6) is 0 Å². The number of nitrogens with one attached hydrogen (secondary N) is 1. The van der Waals surface area contributed by atoms with Crippen LogP contribution in [0.25, 0.3) is 0 Å². The van der Waals surface area contributed by atoms with Crippen LogP contribution in [0.15, 0.2) is 24.5 Å². The first-order valence-corrected chi connectivity index (χ1v) is 5.33. The summed E-state index contributed by atoms with van der Waals surface area (Å²) in [4.78, 5) is 26.4. The summed E-state index contributed by atoms with van der Waals surface area (Å²) in [6.45, 7) is 0. The second kappa shape index (κ2) is 4.92. The standard InChI is InChI=1S/C11H13N3O3/c12-10(15)8-1-2-9(14-8)17-11(16)7-3-5-13-6-4-7/h3-6,8-9,14H,1-2H2,(H2,12,15). The minimum Gasteiger partial charge on any atom is -0.443 e. The van der Waals surface area contributed by atoms with Crippen LogP contribution in [-0.2, 0) is 9.53 Å². The molecule has 2 atom stereocenters. The lowest BCUT2D eigenvalue weighted by atomic mass is 10.2. The van der Waals surface area contributed by atoms with Gasteiger partial charge < -0.3 is 10.5 Å². The number of rotatable bonds is 3. The van der Waals surface area contributed by atoms with E-state index in [1.165, 1.54) is 12.4 Å². The molecule has 0 radical (unpaired) electrons. The molecule has 0 aromatic carbocycles. The van der Waals surface area contributed by atoms with E-state index in [4.69, 9.17) is 10.5 Å². The van der Waals surface area contributed by atoms with Gasteiger partial charge in [0, 0.05) is 18.8 Å². The van der Waals surface area contributed by atoms with E-state index in [0.29, 0.717) is 18.4 Å². The van der Waals surface area contributed by atoms with Gasteiger partial charge in [0.2, 0.25) is 5.91 Å². The average molecular weight is 235 g/mol. The number of amides is 1. The van der Waals surface area contributed by atoms with Gasteiger partial charge in [-0.1, -0.05) is 0 Å². The Hall–Kier alpha value is -1.95. The van der Waals surface area contributed by atoms with Crippen LogP contribution < -0.4 is 11.1 Å². The number of ether oxygens (including phenoxy) is 1. The summed E-state index contributed by atoms with van der Waals surface area (Å²) in [5, 5.41) is 2.86. The van der Waals surface area contributed by atoms with Crippen molar-refractivity contribution in [3.05, 3.63) is 30.1 Å². The molecule has 6 nitrogen and oxygen atoms in total. The first kappa shape index (κ1) is 11.5. The van der Waals surface area contributed by atoms with Gasteiger partial charge in [-0.05, 0) is 18.6 Å². The van der Waals surface area contributed by atoms with E-state index in [-0.39, 0.29) is 0 Å². The van der Waals surface area contributed by atoms with Gasteiger partial charge in [0.25, 0.3) is 0 Å². The molecule has 0 spiro atoms. The predicted molar refractivity (Wildman–Crippen MR) is 58.8 cm³/mol. The van der Waals surface area contributed by atoms with Crippen LogP contribution in [0.2, 0.25) is 0 Å². The van der Waals surface area contributed by atoms with E-state index >= 15 is 0 Å². The molecule has 1 aromatic heterocycles. The summed E-state index contributed by atoms with van der Waals surface area (Å²) >= 11 is 0. The lowest BCUT2D eigenvalue weighted by Gasteiger charge is -2.13. The van der Waals surface area contributed by atoms with E-state index in [9.17, 15) is 9.59 Å². The zero-order chi connectivity index (χ0) is 12.3. The molecule has 17 heavy (non-hydrogen) atoms. The van der Waals surface area contributed by atoms with Gasteiger partial charge in [0.15, 0.2) is 6.23 Å². The maximum atomic E-state index is 11.7. The molecule has 1 saturated heterocycles. The molecule has 0 bridgehead atoms. The van der Waals surface area contributed by atoms with Crippen molar-refractivity contribution in [2.45, 2.75) is 25.1 Å². The number of hydrogen-bond acceptors (Lipinski definition) is 5. The quantitative estimate of drug-likeness (QED) is 0.708. The molecule has 1 aliphatic rings. The number of nitrogens with two attached hydrogens (primary N) is 1. The summed E-state index contributed by atoms with van der Waals surface area (Å²) in [5.41, 5.74) is 5.59. The number of aromatic nitrogens is 1. The SMILES string of the molecule is NC(=O)C1CCC(OC(=O)c2ccncc2)N1. The lowest BCUT2D eigenvalue weighted by Crippen LogP contribution is -2.41. The largest absolute Gasteiger partial charge is 0.443 e. The van der Waals surface area contributed by atoms with Crippen molar-refractivity contribution in [3.8, 4) is 0 Å². The molecule has 6 heteroatoms. The average Bonchev–Trinajstić information content (AvgIpc) is 2.79. The maximum absolute atomic E-state index is 11.7.